The van der Waals surface area contributed by atoms with Crippen molar-refractivity contribution in [3.05, 3.63) is 64.9 Å². The third-order valence-electron chi connectivity index (χ3n) is 6.54. The van der Waals surface area contributed by atoms with Crippen LogP contribution in [0.5, 0.6) is 0 Å². The van der Waals surface area contributed by atoms with Gasteiger partial charge in [0.25, 0.3) is 0 Å². The molecular weight excluding hydrogens is 411 g/mol. The zero-order valence-corrected chi connectivity index (χ0v) is 18.2. The van der Waals surface area contributed by atoms with Crippen LogP contribution in [0, 0.1) is 5.82 Å². The van der Waals surface area contributed by atoms with E-state index < -0.39 is 0 Å². The Morgan fingerprint density at radius 3 is 2.42 bits per heavy atom. The summed E-state index contributed by atoms with van der Waals surface area (Å²) in [6.07, 6.45) is 5.71. The van der Waals surface area contributed by atoms with Gasteiger partial charge >= 0.3 is 0 Å². The van der Waals surface area contributed by atoms with E-state index in [0.717, 1.165) is 55.8 Å². The first-order valence-electron chi connectivity index (χ1n) is 10.8. The molecular formula is C24H25FN4OS. The van der Waals surface area contributed by atoms with Crippen LogP contribution in [0.25, 0.3) is 11.3 Å². The molecule has 0 unspecified atom stereocenters. The number of carbonyl (C=O) groups excluding carboxylic acids is 1. The molecule has 2 fully saturated rings. The number of anilines is 1. The molecule has 2 aromatic heterocycles. The molecule has 31 heavy (non-hydrogen) atoms. The van der Waals surface area contributed by atoms with Crippen molar-refractivity contribution in [2.45, 2.75) is 31.1 Å². The van der Waals surface area contributed by atoms with Crippen molar-refractivity contribution in [1.82, 2.24) is 14.9 Å². The van der Waals surface area contributed by atoms with Gasteiger partial charge in [0.15, 0.2) is 0 Å². The summed E-state index contributed by atoms with van der Waals surface area (Å²) in [6.45, 7) is 2.88. The fourth-order valence-electron chi connectivity index (χ4n) is 4.83. The number of amides is 1. The molecule has 1 amide bonds. The summed E-state index contributed by atoms with van der Waals surface area (Å²) in [5.41, 5.74) is 1.31. The van der Waals surface area contributed by atoms with Gasteiger partial charge in [-0.2, -0.15) is 0 Å². The molecule has 0 N–H and O–H groups in total. The third-order valence-corrected chi connectivity index (χ3v) is 7.62. The number of hydrogen-bond acceptors (Lipinski definition) is 5. The zero-order chi connectivity index (χ0) is 21.3. The van der Waals surface area contributed by atoms with Gasteiger partial charge in [-0.25, -0.2) is 14.4 Å². The normalized spacial score (nSPS) is 18.4. The highest BCUT2D eigenvalue weighted by atomic mass is 32.1. The minimum absolute atomic E-state index is 0.263. The molecule has 7 heteroatoms. The van der Waals surface area contributed by atoms with Crippen LogP contribution in [0.4, 0.5) is 10.2 Å². The van der Waals surface area contributed by atoms with Gasteiger partial charge in [0, 0.05) is 42.7 Å². The van der Waals surface area contributed by atoms with E-state index in [0.29, 0.717) is 19.0 Å². The molecule has 5 nitrogen and oxygen atoms in total. The number of hydrogen-bond donors (Lipinski definition) is 0. The zero-order valence-electron chi connectivity index (χ0n) is 17.3. The van der Waals surface area contributed by atoms with Gasteiger partial charge in [-0.05, 0) is 48.6 Å². The molecule has 160 valence electrons. The molecule has 0 spiro atoms. The molecule has 5 rings (SSSR count). The summed E-state index contributed by atoms with van der Waals surface area (Å²) in [6, 6.07) is 12.4. The van der Waals surface area contributed by atoms with E-state index in [1.54, 1.807) is 29.8 Å². The highest BCUT2D eigenvalue weighted by Crippen LogP contribution is 2.44. The van der Waals surface area contributed by atoms with Crippen LogP contribution < -0.4 is 4.90 Å². The summed E-state index contributed by atoms with van der Waals surface area (Å²) in [4.78, 5) is 27.8. The minimum Gasteiger partial charge on any atom is -0.353 e. The summed E-state index contributed by atoms with van der Waals surface area (Å²) in [5.74, 6) is 0.874. The van der Waals surface area contributed by atoms with Crippen LogP contribution >= 0.6 is 11.3 Å². The number of piperazine rings is 1. The van der Waals surface area contributed by atoms with E-state index in [1.807, 2.05) is 11.0 Å². The number of aromatic nitrogens is 2. The maximum Gasteiger partial charge on any atom is 0.234 e. The lowest BCUT2D eigenvalue weighted by Gasteiger charge is -2.40. The molecule has 3 aromatic rings. The van der Waals surface area contributed by atoms with Crippen molar-refractivity contribution >= 4 is 23.1 Å². The second kappa shape index (κ2) is 8.38. The largest absolute Gasteiger partial charge is 0.353 e. The Morgan fingerprint density at radius 1 is 1.00 bits per heavy atom. The van der Waals surface area contributed by atoms with E-state index in [1.165, 1.54) is 17.0 Å². The molecule has 3 heterocycles. The van der Waals surface area contributed by atoms with Crippen LogP contribution in [0.2, 0.25) is 0 Å². The third kappa shape index (κ3) is 3.82. The Bertz CT molecular complexity index is 1040. The second-order valence-electron chi connectivity index (χ2n) is 8.31. The van der Waals surface area contributed by atoms with Gasteiger partial charge in [0.1, 0.15) is 18.0 Å². The van der Waals surface area contributed by atoms with Crippen LogP contribution in [0.3, 0.4) is 0 Å². The molecule has 1 aromatic carbocycles. The Labute approximate surface area is 185 Å². The monoisotopic (exact) mass is 436 g/mol. The summed E-state index contributed by atoms with van der Waals surface area (Å²) < 4.78 is 13.2. The summed E-state index contributed by atoms with van der Waals surface area (Å²) in [5, 5.41) is 2.08. The Morgan fingerprint density at radius 2 is 1.74 bits per heavy atom. The van der Waals surface area contributed by atoms with E-state index in [9.17, 15) is 9.18 Å². The lowest BCUT2D eigenvalue weighted by atomic mass is 9.82. The number of nitrogens with zero attached hydrogens (tertiary/aromatic N) is 4. The van der Waals surface area contributed by atoms with Crippen LogP contribution in [0.1, 0.15) is 30.6 Å². The van der Waals surface area contributed by atoms with Crippen LogP contribution in [-0.2, 0) is 10.2 Å². The van der Waals surface area contributed by atoms with Crippen molar-refractivity contribution in [2.24, 2.45) is 0 Å². The quantitative estimate of drug-likeness (QED) is 0.604. The average Bonchev–Trinajstić information content (AvgIpc) is 3.52. The van der Waals surface area contributed by atoms with Crippen molar-refractivity contribution < 1.29 is 9.18 Å². The fourth-order valence-corrected chi connectivity index (χ4v) is 5.81. The lowest BCUT2D eigenvalue weighted by Crippen LogP contribution is -2.54. The van der Waals surface area contributed by atoms with Crippen molar-refractivity contribution in [1.29, 1.82) is 0 Å². The SMILES string of the molecule is O=C(N1CCN(c2cc(-c3ccc(F)cc3)ncn2)CC1)C1(c2cccs2)CCCC1. The Balaban J connectivity index is 1.29. The molecule has 1 saturated carbocycles. The Kier molecular flexibility index (Phi) is 5.44. The molecule has 1 aliphatic carbocycles. The predicted octanol–water partition coefficient (Wildman–Crippen LogP) is 4.50. The first kappa shape index (κ1) is 20.1. The second-order valence-corrected chi connectivity index (χ2v) is 9.26. The standard InChI is InChI=1S/C24H25FN4OS/c25-19-7-5-18(6-8-19)20-16-22(27-17-26-20)28-11-13-29(14-12-28)23(30)24(9-1-2-10-24)21-4-3-15-31-21/h3-8,15-17H,1-2,9-14H2. The molecule has 1 aliphatic heterocycles. The van der Waals surface area contributed by atoms with Gasteiger partial charge in [0.05, 0.1) is 11.1 Å². The average molecular weight is 437 g/mol. The highest BCUT2D eigenvalue weighted by Gasteiger charge is 2.46. The number of thiophene rings is 1. The number of rotatable bonds is 4. The van der Waals surface area contributed by atoms with Gasteiger partial charge in [-0.1, -0.05) is 18.9 Å². The first-order valence-corrected chi connectivity index (χ1v) is 11.7. The first-order chi connectivity index (χ1) is 15.2. The molecule has 0 radical (unpaired) electrons. The van der Waals surface area contributed by atoms with E-state index in [4.69, 9.17) is 0 Å². The van der Waals surface area contributed by atoms with E-state index in [2.05, 4.69) is 32.4 Å². The van der Waals surface area contributed by atoms with Gasteiger partial charge < -0.3 is 9.80 Å². The molecule has 1 saturated heterocycles. The predicted molar refractivity (Wildman–Crippen MR) is 121 cm³/mol. The summed E-state index contributed by atoms with van der Waals surface area (Å²) >= 11 is 1.71. The molecule has 0 atom stereocenters. The molecule has 2 aliphatic rings. The number of carbonyl (C=O) groups is 1. The van der Waals surface area contributed by atoms with Gasteiger partial charge in [-0.3, -0.25) is 4.79 Å². The number of halogens is 1. The minimum atomic E-state index is -0.318. The van der Waals surface area contributed by atoms with Gasteiger partial charge in [0.2, 0.25) is 5.91 Å². The van der Waals surface area contributed by atoms with Crippen molar-refractivity contribution in [3.8, 4) is 11.3 Å². The highest BCUT2D eigenvalue weighted by molar-refractivity contribution is 7.10. The molecule has 0 bridgehead atoms. The summed E-state index contributed by atoms with van der Waals surface area (Å²) in [7, 11) is 0. The van der Waals surface area contributed by atoms with Gasteiger partial charge in [-0.15, -0.1) is 11.3 Å². The maximum absolute atomic E-state index is 13.6. The van der Waals surface area contributed by atoms with E-state index >= 15 is 0 Å². The van der Waals surface area contributed by atoms with Crippen LogP contribution in [0.15, 0.2) is 54.2 Å². The van der Waals surface area contributed by atoms with Crippen molar-refractivity contribution in [3.63, 3.8) is 0 Å². The maximum atomic E-state index is 13.6. The van der Waals surface area contributed by atoms with E-state index in [-0.39, 0.29) is 11.2 Å². The number of benzene rings is 1. The van der Waals surface area contributed by atoms with Crippen LogP contribution in [-0.4, -0.2) is 47.0 Å². The topological polar surface area (TPSA) is 49.3 Å². The Hall–Kier alpha value is -2.80. The smallest absolute Gasteiger partial charge is 0.234 e. The van der Waals surface area contributed by atoms with Crippen molar-refractivity contribution in [2.75, 3.05) is 31.1 Å². The fraction of sp³-hybridized carbons (Fsp3) is 0.375. The lowest BCUT2D eigenvalue weighted by molar-refractivity contribution is -0.137.